The van der Waals surface area contributed by atoms with Crippen molar-refractivity contribution in [1.29, 1.82) is 0 Å². The van der Waals surface area contributed by atoms with Gasteiger partial charge in [-0.05, 0) is 25.0 Å². The quantitative estimate of drug-likeness (QED) is 0.863. The lowest BCUT2D eigenvalue weighted by molar-refractivity contribution is 0.0515. The van der Waals surface area contributed by atoms with Crippen LogP contribution in [0.3, 0.4) is 0 Å². The van der Waals surface area contributed by atoms with Gasteiger partial charge in [-0.2, -0.15) is 0 Å². The molecule has 1 aliphatic rings. The monoisotopic (exact) mass is 302 g/mol. The Morgan fingerprint density at radius 3 is 2.91 bits per heavy atom. The van der Waals surface area contributed by atoms with Crippen molar-refractivity contribution in [3.05, 3.63) is 48.3 Å². The lowest BCUT2D eigenvalue weighted by Gasteiger charge is -2.32. The summed E-state index contributed by atoms with van der Waals surface area (Å²) >= 11 is 0. The SMILES string of the molecule is O=C(c1cncc(F)c1)N1CCCC(Oc2ncccn2)C1. The number of amides is 1. The maximum absolute atomic E-state index is 13.2. The third-order valence-electron chi connectivity index (χ3n) is 3.43. The zero-order valence-corrected chi connectivity index (χ0v) is 11.9. The molecule has 3 rings (SSSR count). The van der Waals surface area contributed by atoms with Crippen LogP contribution in [0, 0.1) is 5.82 Å². The van der Waals surface area contributed by atoms with Crippen molar-refractivity contribution in [2.24, 2.45) is 0 Å². The molecule has 1 fully saturated rings. The van der Waals surface area contributed by atoms with E-state index >= 15 is 0 Å². The molecule has 0 aliphatic carbocycles. The highest BCUT2D eigenvalue weighted by atomic mass is 19.1. The molecule has 2 aromatic rings. The second-order valence-electron chi connectivity index (χ2n) is 5.06. The highest BCUT2D eigenvalue weighted by Crippen LogP contribution is 2.17. The summed E-state index contributed by atoms with van der Waals surface area (Å²) in [6.07, 6.45) is 7.12. The van der Waals surface area contributed by atoms with Crippen molar-refractivity contribution in [3.63, 3.8) is 0 Å². The molecule has 0 spiro atoms. The van der Waals surface area contributed by atoms with E-state index in [2.05, 4.69) is 15.0 Å². The van der Waals surface area contributed by atoms with E-state index in [1.54, 1.807) is 23.4 Å². The van der Waals surface area contributed by atoms with Gasteiger partial charge in [0.1, 0.15) is 11.9 Å². The number of pyridine rings is 1. The van der Waals surface area contributed by atoms with Gasteiger partial charge in [-0.3, -0.25) is 9.78 Å². The average molecular weight is 302 g/mol. The Labute approximate surface area is 127 Å². The zero-order valence-electron chi connectivity index (χ0n) is 11.9. The molecule has 1 aliphatic heterocycles. The molecule has 0 saturated carbocycles. The summed E-state index contributed by atoms with van der Waals surface area (Å²) < 4.78 is 18.9. The molecule has 7 heteroatoms. The molecule has 0 radical (unpaired) electrons. The van der Waals surface area contributed by atoms with Crippen LogP contribution >= 0.6 is 0 Å². The Kier molecular flexibility index (Phi) is 4.22. The van der Waals surface area contributed by atoms with E-state index in [-0.39, 0.29) is 17.6 Å². The molecule has 3 heterocycles. The molecule has 0 aromatic carbocycles. The topological polar surface area (TPSA) is 68.2 Å². The van der Waals surface area contributed by atoms with Gasteiger partial charge in [0, 0.05) is 25.1 Å². The molecule has 1 amide bonds. The smallest absolute Gasteiger partial charge is 0.316 e. The van der Waals surface area contributed by atoms with Crippen LogP contribution in [0.15, 0.2) is 36.9 Å². The highest BCUT2D eigenvalue weighted by Gasteiger charge is 2.26. The minimum absolute atomic E-state index is 0.165. The summed E-state index contributed by atoms with van der Waals surface area (Å²) in [6.45, 7) is 1.04. The summed E-state index contributed by atoms with van der Waals surface area (Å²) in [5.41, 5.74) is 0.247. The number of carbonyl (C=O) groups excluding carboxylic acids is 1. The van der Waals surface area contributed by atoms with E-state index < -0.39 is 5.82 Å². The van der Waals surface area contributed by atoms with E-state index in [9.17, 15) is 9.18 Å². The van der Waals surface area contributed by atoms with Crippen LogP contribution in [0.5, 0.6) is 6.01 Å². The number of halogens is 1. The fourth-order valence-electron chi connectivity index (χ4n) is 2.43. The first-order valence-electron chi connectivity index (χ1n) is 7.06. The molecule has 0 N–H and O–H groups in total. The van der Waals surface area contributed by atoms with Crippen molar-refractivity contribution in [1.82, 2.24) is 19.9 Å². The summed E-state index contributed by atoms with van der Waals surface area (Å²) in [6, 6.07) is 3.20. The molecule has 0 bridgehead atoms. The molecule has 114 valence electrons. The number of piperidine rings is 1. The van der Waals surface area contributed by atoms with Crippen molar-refractivity contribution in [2.45, 2.75) is 18.9 Å². The number of ether oxygens (including phenoxy) is 1. The summed E-state index contributed by atoms with van der Waals surface area (Å²) in [5.74, 6) is -0.761. The van der Waals surface area contributed by atoms with Crippen LogP contribution in [-0.4, -0.2) is 45.0 Å². The Hall–Kier alpha value is -2.57. The standard InChI is InChI=1S/C15H15FN4O2/c16-12-7-11(8-17-9-12)14(21)20-6-1-3-13(10-20)22-15-18-4-2-5-19-15/h2,4-5,7-9,13H,1,3,6,10H2. The minimum atomic E-state index is -0.520. The van der Waals surface area contributed by atoms with Gasteiger partial charge in [-0.1, -0.05) is 0 Å². The van der Waals surface area contributed by atoms with Crippen LogP contribution in [-0.2, 0) is 0 Å². The molecule has 2 aromatic heterocycles. The summed E-state index contributed by atoms with van der Waals surface area (Å²) in [4.78, 5) is 25.8. The maximum atomic E-state index is 13.2. The predicted molar refractivity (Wildman–Crippen MR) is 75.8 cm³/mol. The van der Waals surface area contributed by atoms with Crippen LogP contribution in [0.2, 0.25) is 0 Å². The fourth-order valence-corrected chi connectivity index (χ4v) is 2.43. The Bertz CT molecular complexity index is 653. The van der Waals surface area contributed by atoms with E-state index in [1.165, 1.54) is 12.3 Å². The van der Waals surface area contributed by atoms with Crippen LogP contribution in [0.25, 0.3) is 0 Å². The Balaban J connectivity index is 1.66. The van der Waals surface area contributed by atoms with Crippen LogP contribution in [0.1, 0.15) is 23.2 Å². The predicted octanol–water partition coefficient (Wildman–Crippen LogP) is 1.69. The van der Waals surface area contributed by atoms with Gasteiger partial charge in [0.2, 0.25) is 0 Å². The number of nitrogens with zero attached hydrogens (tertiary/aromatic N) is 4. The van der Waals surface area contributed by atoms with Crippen LogP contribution < -0.4 is 4.74 Å². The van der Waals surface area contributed by atoms with Crippen molar-refractivity contribution in [2.75, 3.05) is 13.1 Å². The van der Waals surface area contributed by atoms with Gasteiger partial charge in [0.15, 0.2) is 0 Å². The third kappa shape index (κ3) is 3.36. The van der Waals surface area contributed by atoms with E-state index in [0.717, 1.165) is 19.0 Å². The second-order valence-corrected chi connectivity index (χ2v) is 5.06. The minimum Gasteiger partial charge on any atom is -0.458 e. The molecule has 22 heavy (non-hydrogen) atoms. The van der Waals surface area contributed by atoms with Gasteiger partial charge in [-0.25, -0.2) is 14.4 Å². The lowest BCUT2D eigenvalue weighted by Crippen LogP contribution is -2.44. The maximum Gasteiger partial charge on any atom is 0.316 e. The van der Waals surface area contributed by atoms with Gasteiger partial charge in [-0.15, -0.1) is 0 Å². The number of aromatic nitrogens is 3. The van der Waals surface area contributed by atoms with E-state index in [0.29, 0.717) is 19.1 Å². The molecule has 1 atom stereocenters. The number of likely N-dealkylation sites (tertiary alicyclic amines) is 1. The Morgan fingerprint density at radius 2 is 2.14 bits per heavy atom. The number of rotatable bonds is 3. The summed E-state index contributed by atoms with van der Waals surface area (Å²) in [7, 11) is 0. The first kappa shape index (κ1) is 14.4. The number of carbonyl (C=O) groups is 1. The molecule has 1 unspecified atom stereocenters. The zero-order chi connectivity index (χ0) is 15.4. The Morgan fingerprint density at radius 1 is 1.32 bits per heavy atom. The molecule has 6 nitrogen and oxygen atoms in total. The average Bonchev–Trinajstić information content (AvgIpc) is 2.55. The lowest BCUT2D eigenvalue weighted by atomic mass is 10.1. The van der Waals surface area contributed by atoms with E-state index in [4.69, 9.17) is 4.74 Å². The highest BCUT2D eigenvalue weighted by molar-refractivity contribution is 5.94. The van der Waals surface area contributed by atoms with E-state index in [1.807, 2.05) is 0 Å². The van der Waals surface area contributed by atoms with Crippen molar-refractivity contribution >= 4 is 5.91 Å². The molecular weight excluding hydrogens is 287 g/mol. The van der Waals surface area contributed by atoms with Crippen LogP contribution in [0.4, 0.5) is 4.39 Å². The normalized spacial score (nSPS) is 18.0. The number of hydrogen-bond donors (Lipinski definition) is 0. The largest absolute Gasteiger partial charge is 0.458 e. The van der Waals surface area contributed by atoms with Gasteiger partial charge in [0.05, 0.1) is 18.3 Å². The third-order valence-corrected chi connectivity index (χ3v) is 3.43. The van der Waals surface area contributed by atoms with Gasteiger partial charge >= 0.3 is 6.01 Å². The first-order chi connectivity index (χ1) is 10.7. The van der Waals surface area contributed by atoms with Gasteiger partial charge in [0.25, 0.3) is 5.91 Å². The summed E-state index contributed by atoms with van der Waals surface area (Å²) in [5, 5.41) is 0. The number of hydrogen-bond acceptors (Lipinski definition) is 5. The van der Waals surface area contributed by atoms with Crippen molar-refractivity contribution < 1.29 is 13.9 Å². The van der Waals surface area contributed by atoms with Crippen molar-refractivity contribution in [3.8, 4) is 6.01 Å². The molecule has 1 saturated heterocycles. The first-order valence-corrected chi connectivity index (χ1v) is 7.06. The van der Waals surface area contributed by atoms with Gasteiger partial charge < -0.3 is 9.64 Å². The second kappa shape index (κ2) is 6.46. The molecular formula is C15H15FN4O2. The fraction of sp³-hybridized carbons (Fsp3) is 0.333.